The standard InChI is InChI=1S/C33H37N5O3/c1-22(2)24-13-15-26(16-14-24)36-33(40)32(35-18-19-38-20-30-29(38)21-41-30)25-11-8-23(9-12-25)10-17-31(39)37-28-7-5-4-6-27(28)34-3/h4-17,22,29-30,32,35H,3,18-21H2,1-2H3,(H,36,40)(H,37,39)/b17-10+/t29?,30-,32?/m1/s1. The quantitative estimate of drug-likeness (QED) is 0.214. The number of hydrogen-bond donors (Lipinski definition) is 3. The van der Waals surface area contributed by atoms with E-state index in [0.717, 1.165) is 36.5 Å². The van der Waals surface area contributed by atoms with Gasteiger partial charge in [0.05, 0.1) is 30.1 Å². The number of ether oxygens (including phenoxy) is 1. The molecule has 5 rings (SSSR count). The molecule has 3 aromatic rings. The van der Waals surface area contributed by atoms with Gasteiger partial charge in [-0.2, -0.15) is 0 Å². The maximum atomic E-state index is 13.5. The molecular formula is C33H37N5O3. The first-order valence-corrected chi connectivity index (χ1v) is 14.1. The highest BCUT2D eigenvalue weighted by molar-refractivity contribution is 6.03. The van der Waals surface area contributed by atoms with Crippen LogP contribution < -0.4 is 16.0 Å². The van der Waals surface area contributed by atoms with Gasteiger partial charge in [-0.15, -0.1) is 0 Å². The number of benzene rings is 3. The molecule has 41 heavy (non-hydrogen) atoms. The Morgan fingerprint density at radius 3 is 2.39 bits per heavy atom. The normalized spacial score (nSPS) is 18.7. The molecule has 8 nitrogen and oxygen atoms in total. The van der Waals surface area contributed by atoms with Gasteiger partial charge in [0, 0.05) is 31.4 Å². The molecule has 212 valence electrons. The number of aliphatic imine (C=N–C) groups is 1. The summed E-state index contributed by atoms with van der Waals surface area (Å²) in [5, 5.41) is 9.36. The number of likely N-dealkylation sites (tertiary alicyclic amines) is 1. The zero-order valence-electron chi connectivity index (χ0n) is 23.5. The second kappa shape index (κ2) is 13.0. The summed E-state index contributed by atoms with van der Waals surface area (Å²) in [5.74, 6) is 0.0422. The van der Waals surface area contributed by atoms with Gasteiger partial charge in [0.25, 0.3) is 0 Å². The average molecular weight is 552 g/mol. The third-order valence-corrected chi connectivity index (χ3v) is 7.68. The second-order valence-electron chi connectivity index (χ2n) is 10.8. The number of fused-ring (bicyclic) bond motifs is 1. The van der Waals surface area contributed by atoms with Gasteiger partial charge in [0.15, 0.2) is 0 Å². The fraction of sp³-hybridized carbons (Fsp3) is 0.303. The van der Waals surface area contributed by atoms with E-state index in [-0.39, 0.29) is 11.8 Å². The molecule has 3 aromatic carbocycles. The van der Waals surface area contributed by atoms with Crippen LogP contribution in [0.25, 0.3) is 6.08 Å². The maximum Gasteiger partial charge on any atom is 0.248 e. The van der Waals surface area contributed by atoms with Crippen molar-refractivity contribution >= 4 is 41.7 Å². The first-order valence-electron chi connectivity index (χ1n) is 14.1. The Hall–Kier alpha value is -4.11. The van der Waals surface area contributed by atoms with E-state index in [4.69, 9.17) is 4.74 Å². The Bertz CT molecular complexity index is 1400. The van der Waals surface area contributed by atoms with E-state index < -0.39 is 6.04 Å². The van der Waals surface area contributed by atoms with Gasteiger partial charge >= 0.3 is 0 Å². The summed E-state index contributed by atoms with van der Waals surface area (Å²) in [7, 11) is 0. The third-order valence-electron chi connectivity index (χ3n) is 7.68. The number of amides is 2. The van der Waals surface area contributed by atoms with Gasteiger partial charge in [-0.3, -0.25) is 19.5 Å². The van der Waals surface area contributed by atoms with E-state index in [0.29, 0.717) is 36.0 Å². The van der Waals surface area contributed by atoms with Crippen LogP contribution in [0, 0.1) is 0 Å². The number of carbonyl (C=O) groups is 2. The smallest absolute Gasteiger partial charge is 0.248 e. The monoisotopic (exact) mass is 551 g/mol. The summed E-state index contributed by atoms with van der Waals surface area (Å²) in [6.45, 7) is 11.1. The molecule has 2 aliphatic rings. The molecule has 0 saturated carbocycles. The number of nitrogens with zero attached hydrogens (tertiary/aromatic N) is 2. The molecule has 0 bridgehead atoms. The molecule has 2 amide bonds. The number of rotatable bonds is 12. The lowest BCUT2D eigenvalue weighted by molar-refractivity contribution is -0.213. The first kappa shape index (κ1) is 28.4. The Balaban J connectivity index is 1.24. The van der Waals surface area contributed by atoms with Crippen LogP contribution in [-0.4, -0.2) is 61.8 Å². The molecule has 2 heterocycles. The van der Waals surface area contributed by atoms with E-state index in [1.807, 2.05) is 60.7 Å². The lowest BCUT2D eigenvalue weighted by Crippen LogP contribution is -2.71. The minimum absolute atomic E-state index is 0.118. The lowest BCUT2D eigenvalue weighted by atomic mass is 9.95. The molecule has 3 N–H and O–H groups in total. The van der Waals surface area contributed by atoms with E-state index >= 15 is 0 Å². The summed E-state index contributed by atoms with van der Waals surface area (Å²) in [6, 6.07) is 22.9. The predicted octanol–water partition coefficient (Wildman–Crippen LogP) is 5.15. The van der Waals surface area contributed by atoms with E-state index in [9.17, 15) is 9.59 Å². The SMILES string of the molecule is C=Nc1ccccc1NC(=O)/C=C/c1ccc(C(NCCN2C[C@H]3OCC32)C(=O)Nc2ccc(C(C)C)cc2)cc1. The van der Waals surface area contributed by atoms with Crippen molar-refractivity contribution < 1.29 is 14.3 Å². The lowest BCUT2D eigenvalue weighted by Gasteiger charge is -2.55. The molecule has 3 atom stereocenters. The Kier molecular flexibility index (Phi) is 9.04. The van der Waals surface area contributed by atoms with Crippen LogP contribution in [-0.2, 0) is 14.3 Å². The van der Waals surface area contributed by atoms with Crippen molar-refractivity contribution in [1.82, 2.24) is 10.2 Å². The second-order valence-corrected chi connectivity index (χ2v) is 10.8. The molecule has 0 radical (unpaired) electrons. The summed E-state index contributed by atoms with van der Waals surface area (Å²) >= 11 is 0. The van der Waals surface area contributed by atoms with Gasteiger partial charge < -0.3 is 20.7 Å². The third kappa shape index (κ3) is 6.97. The average Bonchev–Trinajstić information content (AvgIpc) is 2.97. The zero-order chi connectivity index (χ0) is 28.8. The largest absolute Gasteiger partial charge is 0.373 e. The van der Waals surface area contributed by atoms with Crippen molar-refractivity contribution in [2.75, 3.05) is 36.9 Å². The van der Waals surface area contributed by atoms with Crippen molar-refractivity contribution in [3.8, 4) is 0 Å². The highest BCUT2D eigenvalue weighted by atomic mass is 16.5. The maximum absolute atomic E-state index is 13.5. The fourth-order valence-electron chi connectivity index (χ4n) is 5.06. The van der Waals surface area contributed by atoms with Crippen molar-refractivity contribution in [2.45, 2.75) is 38.0 Å². The minimum atomic E-state index is -0.529. The summed E-state index contributed by atoms with van der Waals surface area (Å²) < 4.78 is 5.51. The Labute approximate surface area is 241 Å². The summed E-state index contributed by atoms with van der Waals surface area (Å²) in [6.07, 6.45) is 3.60. The topological polar surface area (TPSA) is 95.1 Å². The predicted molar refractivity (Wildman–Crippen MR) is 165 cm³/mol. The fourth-order valence-corrected chi connectivity index (χ4v) is 5.06. The van der Waals surface area contributed by atoms with E-state index in [1.165, 1.54) is 11.6 Å². The van der Waals surface area contributed by atoms with Crippen LogP contribution >= 0.6 is 0 Å². The Morgan fingerprint density at radius 1 is 1.02 bits per heavy atom. The van der Waals surface area contributed by atoms with Crippen LogP contribution in [0.15, 0.2) is 83.9 Å². The van der Waals surface area contributed by atoms with Gasteiger partial charge in [0.1, 0.15) is 6.04 Å². The van der Waals surface area contributed by atoms with Crippen LogP contribution in [0.2, 0.25) is 0 Å². The molecule has 0 spiro atoms. The first-order chi connectivity index (χ1) is 19.9. The van der Waals surface area contributed by atoms with E-state index in [1.54, 1.807) is 18.2 Å². The summed E-state index contributed by atoms with van der Waals surface area (Å²) in [5.41, 5.74) is 4.90. The van der Waals surface area contributed by atoms with Gasteiger partial charge in [-0.1, -0.05) is 62.4 Å². The molecule has 0 aliphatic carbocycles. The molecule has 2 saturated heterocycles. The van der Waals surface area contributed by atoms with Gasteiger partial charge in [-0.25, -0.2) is 0 Å². The molecular weight excluding hydrogens is 514 g/mol. The minimum Gasteiger partial charge on any atom is -0.373 e. The van der Waals surface area contributed by atoms with Crippen LogP contribution in [0.3, 0.4) is 0 Å². The van der Waals surface area contributed by atoms with E-state index in [2.05, 4.69) is 46.4 Å². The molecule has 2 fully saturated rings. The van der Waals surface area contributed by atoms with Crippen LogP contribution in [0.4, 0.5) is 17.1 Å². The number of morpholine rings is 1. The molecule has 0 aromatic heterocycles. The highest BCUT2D eigenvalue weighted by Crippen LogP contribution is 2.29. The van der Waals surface area contributed by atoms with Crippen LogP contribution in [0.5, 0.6) is 0 Å². The number of para-hydroxylation sites is 2. The molecule has 2 unspecified atom stereocenters. The molecule has 2 aliphatic heterocycles. The van der Waals surface area contributed by atoms with Crippen LogP contribution in [0.1, 0.15) is 42.5 Å². The summed E-state index contributed by atoms with van der Waals surface area (Å²) in [4.78, 5) is 32.2. The number of anilines is 2. The Morgan fingerprint density at radius 2 is 1.76 bits per heavy atom. The van der Waals surface area contributed by atoms with Gasteiger partial charge in [-0.05, 0) is 59.7 Å². The number of carbonyl (C=O) groups excluding carboxylic acids is 2. The highest BCUT2D eigenvalue weighted by Gasteiger charge is 2.46. The number of hydrogen-bond acceptors (Lipinski definition) is 6. The van der Waals surface area contributed by atoms with Crippen molar-refractivity contribution in [2.24, 2.45) is 4.99 Å². The van der Waals surface area contributed by atoms with Crippen molar-refractivity contribution in [3.05, 3.63) is 95.6 Å². The number of nitrogens with one attached hydrogen (secondary N) is 3. The van der Waals surface area contributed by atoms with Crippen molar-refractivity contribution in [3.63, 3.8) is 0 Å². The molecule has 8 heteroatoms. The van der Waals surface area contributed by atoms with Gasteiger partial charge in [0.2, 0.25) is 11.8 Å². The zero-order valence-corrected chi connectivity index (χ0v) is 23.5. The van der Waals surface area contributed by atoms with Crippen molar-refractivity contribution in [1.29, 1.82) is 0 Å².